The van der Waals surface area contributed by atoms with Gasteiger partial charge in [0.15, 0.2) is 0 Å². The number of hydrogen-bond donors (Lipinski definition) is 2. The third-order valence-corrected chi connectivity index (χ3v) is 5.76. The summed E-state index contributed by atoms with van der Waals surface area (Å²) in [5.74, 6) is -0.950. The summed E-state index contributed by atoms with van der Waals surface area (Å²) in [7, 11) is 0. The molecule has 1 atom stereocenters. The lowest BCUT2D eigenvalue weighted by Gasteiger charge is -2.43. The summed E-state index contributed by atoms with van der Waals surface area (Å²) in [6.07, 6.45) is 3.75. The first kappa shape index (κ1) is 20.3. The van der Waals surface area contributed by atoms with Gasteiger partial charge in [-0.15, -0.1) is 0 Å². The first-order chi connectivity index (χ1) is 13.5. The average molecular weight is 387 g/mol. The van der Waals surface area contributed by atoms with E-state index in [4.69, 9.17) is 5.11 Å². The number of amides is 2. The molecule has 1 saturated heterocycles. The van der Waals surface area contributed by atoms with Crippen molar-refractivity contribution in [2.24, 2.45) is 0 Å². The zero-order valence-corrected chi connectivity index (χ0v) is 16.3. The fourth-order valence-electron chi connectivity index (χ4n) is 4.16. The Morgan fingerprint density at radius 3 is 2.57 bits per heavy atom. The number of carbonyl (C=O) groups excluding carboxylic acids is 2. The Bertz CT molecular complexity index is 703. The van der Waals surface area contributed by atoms with Crippen molar-refractivity contribution in [3.05, 3.63) is 35.9 Å². The van der Waals surface area contributed by atoms with Gasteiger partial charge in [-0.3, -0.25) is 19.3 Å². The van der Waals surface area contributed by atoms with Crippen LogP contribution in [0.15, 0.2) is 30.3 Å². The first-order valence-electron chi connectivity index (χ1n) is 10.1. The molecule has 1 aromatic carbocycles. The third kappa shape index (κ3) is 4.70. The van der Waals surface area contributed by atoms with Gasteiger partial charge in [-0.05, 0) is 37.8 Å². The van der Waals surface area contributed by atoms with Crippen LogP contribution in [0.2, 0.25) is 0 Å². The SMILES string of the molecule is CCN(CC(=O)O)C1CC(NC(=O)C(c2ccccc2)N2CCCCC2=O)C1. The van der Waals surface area contributed by atoms with Crippen molar-refractivity contribution in [1.29, 1.82) is 0 Å². The van der Waals surface area contributed by atoms with E-state index in [1.54, 1.807) is 4.90 Å². The predicted octanol–water partition coefficient (Wildman–Crippen LogP) is 1.79. The Morgan fingerprint density at radius 1 is 1.25 bits per heavy atom. The van der Waals surface area contributed by atoms with Crippen molar-refractivity contribution in [3.8, 4) is 0 Å². The zero-order chi connectivity index (χ0) is 20.1. The van der Waals surface area contributed by atoms with E-state index in [9.17, 15) is 14.4 Å². The molecule has 1 aliphatic heterocycles. The van der Waals surface area contributed by atoms with Crippen molar-refractivity contribution in [3.63, 3.8) is 0 Å². The highest BCUT2D eigenvalue weighted by Crippen LogP contribution is 2.29. The molecule has 7 nitrogen and oxygen atoms in total. The van der Waals surface area contributed by atoms with Crippen molar-refractivity contribution < 1.29 is 19.5 Å². The number of nitrogens with zero attached hydrogens (tertiary/aromatic N) is 2. The molecule has 2 fully saturated rings. The number of likely N-dealkylation sites (tertiary alicyclic amines) is 1. The zero-order valence-electron chi connectivity index (χ0n) is 16.3. The summed E-state index contributed by atoms with van der Waals surface area (Å²) in [5, 5.41) is 12.1. The van der Waals surface area contributed by atoms with Gasteiger partial charge in [-0.25, -0.2) is 0 Å². The second-order valence-electron chi connectivity index (χ2n) is 7.65. The summed E-state index contributed by atoms with van der Waals surface area (Å²) >= 11 is 0. The number of hydrogen-bond acceptors (Lipinski definition) is 4. The van der Waals surface area contributed by atoms with Crippen LogP contribution in [-0.2, 0) is 14.4 Å². The Kier molecular flexibility index (Phi) is 6.67. The Hall–Kier alpha value is -2.41. The predicted molar refractivity (Wildman–Crippen MR) is 105 cm³/mol. The van der Waals surface area contributed by atoms with Gasteiger partial charge >= 0.3 is 5.97 Å². The molecule has 1 heterocycles. The summed E-state index contributed by atoms with van der Waals surface area (Å²) in [5.41, 5.74) is 0.826. The monoisotopic (exact) mass is 387 g/mol. The van der Waals surface area contributed by atoms with Crippen molar-refractivity contribution >= 4 is 17.8 Å². The van der Waals surface area contributed by atoms with Crippen LogP contribution >= 0.6 is 0 Å². The lowest BCUT2D eigenvalue weighted by molar-refractivity contribution is -0.143. The van der Waals surface area contributed by atoms with Gasteiger partial charge in [0.05, 0.1) is 6.54 Å². The van der Waals surface area contributed by atoms with E-state index in [-0.39, 0.29) is 30.4 Å². The summed E-state index contributed by atoms with van der Waals surface area (Å²) in [6.45, 7) is 3.24. The van der Waals surface area contributed by atoms with Gasteiger partial charge in [0, 0.05) is 25.0 Å². The highest BCUT2D eigenvalue weighted by molar-refractivity contribution is 5.89. The minimum atomic E-state index is -0.831. The van der Waals surface area contributed by atoms with Crippen LogP contribution in [0.5, 0.6) is 0 Å². The summed E-state index contributed by atoms with van der Waals surface area (Å²) < 4.78 is 0. The van der Waals surface area contributed by atoms with E-state index < -0.39 is 12.0 Å². The molecule has 1 saturated carbocycles. The molecule has 1 aliphatic carbocycles. The third-order valence-electron chi connectivity index (χ3n) is 5.76. The van der Waals surface area contributed by atoms with Crippen LogP contribution in [0.1, 0.15) is 50.6 Å². The van der Waals surface area contributed by atoms with Crippen LogP contribution in [0.3, 0.4) is 0 Å². The number of nitrogens with one attached hydrogen (secondary N) is 1. The van der Waals surface area contributed by atoms with Gasteiger partial charge in [0.2, 0.25) is 11.8 Å². The molecular formula is C21H29N3O4. The molecule has 7 heteroatoms. The van der Waals surface area contributed by atoms with E-state index in [0.29, 0.717) is 19.5 Å². The van der Waals surface area contributed by atoms with E-state index in [2.05, 4.69) is 5.32 Å². The molecule has 0 radical (unpaired) electrons. The molecule has 152 valence electrons. The molecular weight excluding hydrogens is 358 g/mol. The molecule has 2 aliphatic rings. The molecule has 1 unspecified atom stereocenters. The standard InChI is InChI=1S/C21H29N3O4/c1-2-23(14-19(26)27)17-12-16(13-17)22-21(28)20(15-8-4-3-5-9-15)24-11-7-6-10-18(24)25/h3-5,8-9,16-17,20H,2,6-7,10-14H2,1H3,(H,22,28)(H,26,27). The second-order valence-corrected chi connectivity index (χ2v) is 7.65. The second kappa shape index (κ2) is 9.19. The van der Waals surface area contributed by atoms with E-state index in [1.807, 2.05) is 42.2 Å². The Balaban J connectivity index is 1.64. The van der Waals surface area contributed by atoms with E-state index >= 15 is 0 Å². The van der Waals surface area contributed by atoms with E-state index in [1.165, 1.54) is 0 Å². The minimum absolute atomic E-state index is 0.0199. The Labute approximate surface area is 165 Å². The molecule has 3 rings (SSSR count). The number of benzene rings is 1. The van der Waals surface area contributed by atoms with Crippen LogP contribution in [-0.4, -0.2) is 64.4 Å². The van der Waals surface area contributed by atoms with Crippen LogP contribution in [0, 0.1) is 0 Å². The quantitative estimate of drug-likeness (QED) is 0.710. The van der Waals surface area contributed by atoms with Crippen molar-refractivity contribution in [2.75, 3.05) is 19.6 Å². The van der Waals surface area contributed by atoms with Crippen LogP contribution < -0.4 is 5.32 Å². The van der Waals surface area contributed by atoms with Crippen molar-refractivity contribution in [2.45, 2.75) is 57.2 Å². The Morgan fingerprint density at radius 2 is 1.96 bits per heavy atom. The molecule has 0 spiro atoms. The largest absolute Gasteiger partial charge is 0.480 e. The first-order valence-corrected chi connectivity index (χ1v) is 10.1. The topological polar surface area (TPSA) is 90.0 Å². The number of rotatable bonds is 8. The fraction of sp³-hybridized carbons (Fsp3) is 0.571. The number of likely N-dealkylation sites (N-methyl/N-ethyl adjacent to an activating group) is 1. The molecule has 2 N–H and O–H groups in total. The maximum atomic E-state index is 13.1. The minimum Gasteiger partial charge on any atom is -0.480 e. The number of carboxylic acid groups (broad SMARTS) is 1. The number of aliphatic carboxylic acids is 1. The lowest BCUT2D eigenvalue weighted by atomic mass is 9.85. The van der Waals surface area contributed by atoms with Crippen molar-refractivity contribution in [1.82, 2.24) is 15.1 Å². The lowest BCUT2D eigenvalue weighted by Crippen LogP contribution is -2.56. The fourth-order valence-corrected chi connectivity index (χ4v) is 4.16. The number of carboxylic acids is 1. The average Bonchev–Trinajstić information content (AvgIpc) is 2.65. The van der Waals surface area contributed by atoms with Gasteiger partial charge in [-0.1, -0.05) is 37.3 Å². The normalized spacial score (nSPS) is 23.2. The molecule has 0 bridgehead atoms. The van der Waals surface area contributed by atoms with Gasteiger partial charge in [-0.2, -0.15) is 0 Å². The molecule has 28 heavy (non-hydrogen) atoms. The maximum Gasteiger partial charge on any atom is 0.317 e. The molecule has 2 amide bonds. The highest BCUT2D eigenvalue weighted by Gasteiger charge is 2.38. The molecule has 1 aromatic rings. The van der Waals surface area contributed by atoms with Crippen LogP contribution in [0.25, 0.3) is 0 Å². The summed E-state index contributed by atoms with van der Waals surface area (Å²) in [4.78, 5) is 40.2. The molecule has 0 aromatic heterocycles. The van der Waals surface area contributed by atoms with Gasteiger partial charge < -0.3 is 15.3 Å². The summed E-state index contributed by atoms with van der Waals surface area (Å²) in [6, 6.07) is 9.04. The number of carbonyl (C=O) groups is 3. The van der Waals surface area contributed by atoms with Crippen LogP contribution in [0.4, 0.5) is 0 Å². The highest BCUT2D eigenvalue weighted by atomic mass is 16.4. The van der Waals surface area contributed by atoms with Gasteiger partial charge in [0.1, 0.15) is 6.04 Å². The smallest absolute Gasteiger partial charge is 0.317 e. The van der Waals surface area contributed by atoms with Gasteiger partial charge in [0.25, 0.3) is 0 Å². The van der Waals surface area contributed by atoms with E-state index in [0.717, 1.165) is 31.2 Å². The maximum absolute atomic E-state index is 13.1. The number of piperidine rings is 1.